The maximum Gasteiger partial charge on any atom is 0.466 e. The lowest BCUT2D eigenvalue weighted by molar-refractivity contribution is 0.275. The molecule has 0 bridgehead atoms. The number of alkyl halides is 1. The van der Waals surface area contributed by atoms with Crippen molar-refractivity contribution in [3.8, 4) is 0 Å². The van der Waals surface area contributed by atoms with E-state index < -0.39 is 23.4 Å². The second-order valence-electron chi connectivity index (χ2n) is 1.62. The normalized spacial score (nSPS) is 13.9. The van der Waals surface area contributed by atoms with Crippen LogP contribution in [0.5, 0.6) is 0 Å². The van der Waals surface area contributed by atoms with Gasteiger partial charge in [0.2, 0.25) is 5.50 Å². The van der Waals surface area contributed by atoms with Gasteiger partial charge in [-0.2, -0.15) is 8.42 Å². The Labute approximate surface area is 73.5 Å². The third-order valence-electron chi connectivity index (χ3n) is 0.470. The van der Waals surface area contributed by atoms with E-state index in [1.165, 1.54) is 0 Å². The van der Waals surface area contributed by atoms with E-state index in [9.17, 15) is 12.8 Å². The quantitative estimate of drug-likeness (QED) is 0.287. The summed E-state index contributed by atoms with van der Waals surface area (Å²) in [6, 6.07) is 0. The van der Waals surface area contributed by atoms with Crippen molar-refractivity contribution in [2.45, 2.75) is 5.50 Å². The minimum absolute atomic E-state index is 0.495. The predicted octanol–water partition coefficient (Wildman–Crippen LogP) is -0.573. The molecule has 0 heterocycles. The van der Waals surface area contributed by atoms with Crippen molar-refractivity contribution in [3.63, 3.8) is 0 Å². The van der Waals surface area contributed by atoms with E-state index >= 15 is 0 Å². The SMILES string of the molecule is C=CC(F)S(=O)(=O)O.O=P(O)(O)O. The van der Waals surface area contributed by atoms with Crippen LogP contribution in [0.15, 0.2) is 12.7 Å². The summed E-state index contributed by atoms with van der Waals surface area (Å²) in [7, 11) is -9.18. The Morgan fingerprint density at radius 2 is 1.62 bits per heavy atom. The van der Waals surface area contributed by atoms with Crippen LogP contribution in [0.1, 0.15) is 0 Å². The van der Waals surface area contributed by atoms with E-state index in [1.54, 1.807) is 0 Å². The molecule has 1 atom stereocenters. The molecule has 10 heteroatoms. The van der Waals surface area contributed by atoms with E-state index in [1.807, 2.05) is 0 Å². The highest BCUT2D eigenvalue weighted by Gasteiger charge is 2.16. The molecular formula is C3H8FO7PS. The average Bonchev–Trinajstić information content (AvgIpc) is 1.80. The minimum atomic E-state index is -4.64. The zero-order chi connectivity index (χ0) is 11.3. The molecule has 0 radical (unpaired) electrons. The van der Waals surface area contributed by atoms with Gasteiger partial charge in [0, 0.05) is 0 Å². The minimum Gasteiger partial charge on any atom is -0.303 e. The molecular weight excluding hydrogens is 230 g/mol. The maximum absolute atomic E-state index is 11.7. The maximum atomic E-state index is 11.7. The molecule has 0 aliphatic rings. The van der Waals surface area contributed by atoms with E-state index in [0.29, 0.717) is 6.08 Å². The Morgan fingerprint density at radius 1 is 1.38 bits per heavy atom. The van der Waals surface area contributed by atoms with E-state index in [2.05, 4.69) is 6.58 Å². The van der Waals surface area contributed by atoms with Gasteiger partial charge in [0.15, 0.2) is 0 Å². The molecule has 1 unspecified atom stereocenters. The van der Waals surface area contributed by atoms with Gasteiger partial charge < -0.3 is 14.7 Å². The van der Waals surface area contributed by atoms with Crippen LogP contribution < -0.4 is 0 Å². The molecule has 0 saturated carbocycles. The summed E-state index contributed by atoms with van der Waals surface area (Å²) in [6.07, 6.45) is 0.495. The smallest absolute Gasteiger partial charge is 0.303 e. The molecule has 13 heavy (non-hydrogen) atoms. The lowest BCUT2D eigenvalue weighted by Gasteiger charge is -1.92. The fraction of sp³-hybridized carbons (Fsp3) is 0.333. The van der Waals surface area contributed by atoms with Crippen LogP contribution in [0.4, 0.5) is 4.39 Å². The standard InChI is InChI=1S/C3H5FO3S.H3O4P/c1-2-3(4)8(5,6)7;1-5(2,3)4/h2-3H,1H2,(H,5,6,7);(H3,1,2,3,4). The third-order valence-corrected chi connectivity index (χ3v) is 1.23. The molecule has 0 aromatic heterocycles. The van der Waals surface area contributed by atoms with Gasteiger partial charge in [0.25, 0.3) is 0 Å². The van der Waals surface area contributed by atoms with E-state index in [-0.39, 0.29) is 0 Å². The molecule has 0 amide bonds. The summed E-state index contributed by atoms with van der Waals surface area (Å²) >= 11 is 0. The molecule has 0 aliphatic carbocycles. The van der Waals surface area contributed by atoms with Crippen molar-refractivity contribution in [2.75, 3.05) is 0 Å². The van der Waals surface area contributed by atoms with Crippen molar-refractivity contribution in [2.24, 2.45) is 0 Å². The Kier molecular flexibility index (Phi) is 6.33. The van der Waals surface area contributed by atoms with Crippen LogP contribution in [0.3, 0.4) is 0 Å². The number of rotatable bonds is 2. The molecule has 4 N–H and O–H groups in total. The number of hydrogen-bond acceptors (Lipinski definition) is 3. The van der Waals surface area contributed by atoms with Gasteiger partial charge in [0.05, 0.1) is 0 Å². The first-order valence-electron chi connectivity index (χ1n) is 2.49. The summed E-state index contributed by atoms with van der Waals surface area (Å²) in [5.74, 6) is 0. The summed E-state index contributed by atoms with van der Waals surface area (Å²) in [6.45, 7) is 2.81. The first-order valence-corrected chi connectivity index (χ1v) is 5.56. The van der Waals surface area contributed by atoms with Crippen molar-refractivity contribution in [1.29, 1.82) is 0 Å². The Bertz CT molecular complexity index is 283. The van der Waals surface area contributed by atoms with Crippen LogP contribution in [-0.4, -0.2) is 33.2 Å². The van der Waals surface area contributed by atoms with Crippen molar-refractivity contribution in [1.82, 2.24) is 0 Å². The van der Waals surface area contributed by atoms with Crippen LogP contribution in [-0.2, 0) is 14.7 Å². The summed E-state index contributed by atoms with van der Waals surface area (Å²) in [4.78, 5) is 21.6. The molecule has 0 aliphatic heterocycles. The van der Waals surface area contributed by atoms with Gasteiger partial charge in [-0.05, 0) is 6.08 Å². The fourth-order valence-corrected chi connectivity index (χ4v) is 0.365. The summed E-state index contributed by atoms with van der Waals surface area (Å²) in [5, 5.41) is 0. The molecule has 0 fully saturated rings. The van der Waals surface area contributed by atoms with Crippen molar-refractivity contribution >= 4 is 17.9 Å². The highest BCUT2D eigenvalue weighted by molar-refractivity contribution is 7.86. The lowest BCUT2D eigenvalue weighted by Crippen LogP contribution is -2.10. The lowest BCUT2D eigenvalue weighted by atomic mass is 10.7. The Hall–Kier alpha value is -0.310. The Morgan fingerprint density at radius 3 is 1.62 bits per heavy atom. The second kappa shape index (κ2) is 5.43. The van der Waals surface area contributed by atoms with Gasteiger partial charge in [-0.1, -0.05) is 6.58 Å². The van der Waals surface area contributed by atoms with Crippen LogP contribution in [0.2, 0.25) is 0 Å². The van der Waals surface area contributed by atoms with E-state index in [4.69, 9.17) is 23.8 Å². The molecule has 0 aromatic carbocycles. The molecule has 0 aromatic rings. The Balaban J connectivity index is 0. The second-order valence-corrected chi connectivity index (χ2v) is 4.12. The predicted molar refractivity (Wildman–Crippen MR) is 40.9 cm³/mol. The number of phosphoric acid groups is 1. The molecule has 0 spiro atoms. The average molecular weight is 238 g/mol. The number of halogens is 1. The van der Waals surface area contributed by atoms with Crippen LogP contribution in [0.25, 0.3) is 0 Å². The zero-order valence-corrected chi connectivity index (χ0v) is 7.82. The zero-order valence-electron chi connectivity index (χ0n) is 6.11. The largest absolute Gasteiger partial charge is 0.466 e. The third kappa shape index (κ3) is 18.6. The molecule has 0 rings (SSSR count). The topological polar surface area (TPSA) is 132 Å². The highest BCUT2D eigenvalue weighted by Crippen LogP contribution is 2.25. The monoisotopic (exact) mass is 238 g/mol. The van der Waals surface area contributed by atoms with Crippen molar-refractivity contribution in [3.05, 3.63) is 12.7 Å². The van der Waals surface area contributed by atoms with Gasteiger partial charge in [-0.3, -0.25) is 4.55 Å². The van der Waals surface area contributed by atoms with Gasteiger partial charge in [-0.15, -0.1) is 0 Å². The van der Waals surface area contributed by atoms with Gasteiger partial charge in [0.1, 0.15) is 0 Å². The van der Waals surface area contributed by atoms with E-state index in [0.717, 1.165) is 0 Å². The van der Waals surface area contributed by atoms with Gasteiger partial charge >= 0.3 is 17.9 Å². The first-order chi connectivity index (χ1) is 5.48. The first kappa shape index (κ1) is 15.2. The summed E-state index contributed by atoms with van der Waals surface area (Å²) in [5.41, 5.74) is -2.36. The molecule has 7 nitrogen and oxygen atoms in total. The fourth-order valence-electron chi connectivity index (χ4n) is 0.122. The van der Waals surface area contributed by atoms with Gasteiger partial charge in [-0.25, -0.2) is 8.96 Å². The number of hydrogen-bond donors (Lipinski definition) is 4. The highest BCUT2D eigenvalue weighted by atomic mass is 32.2. The van der Waals surface area contributed by atoms with Crippen molar-refractivity contribution < 1.29 is 36.6 Å². The molecule has 0 saturated heterocycles. The molecule has 80 valence electrons. The summed E-state index contributed by atoms with van der Waals surface area (Å²) < 4.78 is 47.7. The van der Waals surface area contributed by atoms with Crippen LogP contribution in [0, 0.1) is 0 Å². The van der Waals surface area contributed by atoms with Crippen LogP contribution >= 0.6 is 7.82 Å².